The molecule has 3 heteroatoms. The van der Waals surface area contributed by atoms with Gasteiger partial charge in [-0.25, -0.2) is 0 Å². The predicted octanol–water partition coefficient (Wildman–Crippen LogP) is 0.671. The van der Waals surface area contributed by atoms with Crippen LogP contribution < -0.4 is 4.72 Å². The van der Waals surface area contributed by atoms with Crippen molar-refractivity contribution in [2.75, 3.05) is 6.54 Å². The quantitative estimate of drug-likeness (QED) is 0.475. The van der Waals surface area contributed by atoms with Gasteiger partial charge in [0.1, 0.15) is 11.3 Å². The zero-order chi connectivity index (χ0) is 8.20. The third-order valence-corrected chi connectivity index (χ3v) is 2.38. The summed E-state index contributed by atoms with van der Waals surface area (Å²) in [5.41, 5.74) is 0. The molecular weight excluding hydrogens is 146 g/mol. The number of rotatable bonds is 2. The fourth-order valence-corrected chi connectivity index (χ4v) is 0.971. The molecule has 0 heterocycles. The van der Waals surface area contributed by atoms with E-state index in [0.717, 1.165) is 0 Å². The fraction of sp³-hybridized carbons (Fsp3) is 0.714. The first-order valence-electron chi connectivity index (χ1n) is 3.07. The summed E-state index contributed by atoms with van der Waals surface area (Å²) >= 11 is -1.03. The number of nitrogens with one attached hydrogen (secondary N) is 1. The molecule has 0 amide bonds. The summed E-state index contributed by atoms with van der Waals surface area (Å²) in [5, 5.41) is 0. The van der Waals surface area contributed by atoms with Crippen LogP contribution in [0.2, 0.25) is 0 Å². The molecule has 58 valence electrons. The zero-order valence-electron chi connectivity index (χ0n) is 6.60. The highest BCUT2D eigenvalue weighted by molar-refractivity contribution is 7.90. The molecule has 0 spiro atoms. The third kappa shape index (κ3) is 3.78. The van der Waals surface area contributed by atoms with Crippen LogP contribution in [-0.4, -0.2) is 15.8 Å². The average Bonchev–Trinajstić information content (AvgIpc) is 1.80. The SMILES string of the molecule is C#CCN[S@@+]([O-])C(C)(C)C. The standard InChI is InChI=1S/C7H13NOS/c1-5-6-8-10(9)7(2,3)4/h1,8H,6H2,2-4H3/t10-/m0/s1. The van der Waals surface area contributed by atoms with Gasteiger partial charge in [-0.15, -0.1) is 11.1 Å². The Bertz CT molecular complexity index is 134. The molecule has 0 saturated carbocycles. The normalized spacial score (nSPS) is 14.3. The number of hydrogen-bond donors (Lipinski definition) is 1. The van der Waals surface area contributed by atoms with Gasteiger partial charge in [0, 0.05) is 11.4 Å². The Labute approximate surface area is 65.7 Å². The van der Waals surface area contributed by atoms with Gasteiger partial charge in [0.05, 0.1) is 0 Å². The van der Waals surface area contributed by atoms with Crippen molar-refractivity contribution in [1.29, 1.82) is 0 Å². The first-order valence-corrected chi connectivity index (χ1v) is 4.22. The van der Waals surface area contributed by atoms with Crippen molar-refractivity contribution < 1.29 is 4.55 Å². The Hall–Kier alpha value is -0.170. The van der Waals surface area contributed by atoms with Crippen molar-refractivity contribution in [2.45, 2.75) is 25.5 Å². The lowest BCUT2D eigenvalue weighted by atomic mass is 10.3. The van der Waals surface area contributed by atoms with Crippen molar-refractivity contribution >= 4 is 11.4 Å². The molecule has 1 atom stereocenters. The van der Waals surface area contributed by atoms with Crippen LogP contribution in [0.3, 0.4) is 0 Å². The van der Waals surface area contributed by atoms with Gasteiger partial charge in [-0.3, -0.25) is 0 Å². The van der Waals surface area contributed by atoms with E-state index in [0.29, 0.717) is 6.54 Å². The molecule has 0 aliphatic carbocycles. The first kappa shape index (κ1) is 9.83. The van der Waals surface area contributed by atoms with E-state index in [-0.39, 0.29) is 4.75 Å². The van der Waals surface area contributed by atoms with Crippen molar-refractivity contribution in [3.8, 4) is 12.3 Å². The molecule has 0 aromatic carbocycles. The molecule has 0 radical (unpaired) electrons. The lowest BCUT2D eigenvalue weighted by Crippen LogP contribution is -2.39. The summed E-state index contributed by atoms with van der Waals surface area (Å²) in [6, 6.07) is 0. The van der Waals surface area contributed by atoms with Gasteiger partial charge >= 0.3 is 0 Å². The predicted molar refractivity (Wildman–Crippen MR) is 44.7 cm³/mol. The summed E-state index contributed by atoms with van der Waals surface area (Å²) in [6.45, 7) is 6.05. The fourth-order valence-electron chi connectivity index (χ4n) is 0.324. The molecule has 2 nitrogen and oxygen atoms in total. The van der Waals surface area contributed by atoms with E-state index in [1.54, 1.807) is 0 Å². The van der Waals surface area contributed by atoms with Crippen molar-refractivity contribution in [1.82, 2.24) is 4.72 Å². The van der Waals surface area contributed by atoms with E-state index in [1.807, 2.05) is 20.8 Å². The second-order valence-electron chi connectivity index (χ2n) is 2.91. The van der Waals surface area contributed by atoms with Gasteiger partial charge in [0.25, 0.3) is 0 Å². The van der Waals surface area contributed by atoms with Crippen LogP contribution in [0, 0.1) is 12.3 Å². The topological polar surface area (TPSA) is 35.1 Å². The van der Waals surface area contributed by atoms with Crippen LogP contribution in [0.15, 0.2) is 0 Å². The third-order valence-electron chi connectivity index (χ3n) is 0.862. The van der Waals surface area contributed by atoms with E-state index >= 15 is 0 Å². The highest BCUT2D eigenvalue weighted by Gasteiger charge is 2.25. The summed E-state index contributed by atoms with van der Waals surface area (Å²) in [4.78, 5) is 0. The van der Waals surface area contributed by atoms with Crippen LogP contribution in [0.1, 0.15) is 20.8 Å². The maximum Gasteiger partial charge on any atom is 0.136 e. The second-order valence-corrected chi connectivity index (χ2v) is 4.96. The molecule has 0 bridgehead atoms. The summed E-state index contributed by atoms with van der Waals surface area (Å²) in [6.07, 6.45) is 4.97. The molecule has 0 fully saturated rings. The molecule has 0 aliphatic rings. The minimum Gasteiger partial charge on any atom is -0.598 e. The molecule has 1 N–H and O–H groups in total. The minimum atomic E-state index is -1.03. The minimum absolute atomic E-state index is 0.225. The molecule has 0 rings (SSSR count). The van der Waals surface area contributed by atoms with Crippen molar-refractivity contribution in [2.24, 2.45) is 0 Å². The largest absolute Gasteiger partial charge is 0.598 e. The Kier molecular flexibility index (Phi) is 3.80. The number of hydrogen-bond acceptors (Lipinski definition) is 2. The maximum atomic E-state index is 11.1. The van der Waals surface area contributed by atoms with Crippen LogP contribution in [0.5, 0.6) is 0 Å². The highest BCUT2D eigenvalue weighted by Crippen LogP contribution is 2.12. The Balaban J connectivity index is 3.65. The van der Waals surface area contributed by atoms with E-state index in [2.05, 4.69) is 10.6 Å². The van der Waals surface area contributed by atoms with Gasteiger partial charge in [0.2, 0.25) is 0 Å². The Morgan fingerprint density at radius 2 is 2.10 bits per heavy atom. The monoisotopic (exact) mass is 159 g/mol. The van der Waals surface area contributed by atoms with Crippen molar-refractivity contribution in [3.63, 3.8) is 0 Å². The van der Waals surface area contributed by atoms with Gasteiger partial charge in [0.15, 0.2) is 0 Å². The lowest BCUT2D eigenvalue weighted by molar-refractivity contribution is 0.548. The average molecular weight is 159 g/mol. The van der Waals surface area contributed by atoms with Gasteiger partial charge in [-0.1, -0.05) is 5.92 Å². The van der Waals surface area contributed by atoms with Crippen LogP contribution >= 0.6 is 0 Å². The molecular formula is C7H13NOS. The summed E-state index contributed by atoms with van der Waals surface area (Å²) in [5.74, 6) is 2.37. The molecule has 0 aromatic heterocycles. The Morgan fingerprint density at radius 1 is 1.60 bits per heavy atom. The smallest absolute Gasteiger partial charge is 0.136 e. The molecule has 10 heavy (non-hydrogen) atoms. The maximum absolute atomic E-state index is 11.1. The summed E-state index contributed by atoms with van der Waals surface area (Å²) in [7, 11) is 0. The molecule has 0 aromatic rings. The summed E-state index contributed by atoms with van der Waals surface area (Å²) < 4.78 is 13.6. The van der Waals surface area contributed by atoms with Crippen molar-refractivity contribution in [3.05, 3.63) is 0 Å². The molecule has 0 aliphatic heterocycles. The number of terminal acetylenes is 1. The van der Waals surface area contributed by atoms with Gasteiger partial charge in [-0.05, 0) is 20.8 Å². The van der Waals surface area contributed by atoms with Gasteiger partial charge in [-0.2, -0.15) is 0 Å². The van der Waals surface area contributed by atoms with Crippen LogP contribution in [0.25, 0.3) is 0 Å². The molecule has 0 unspecified atom stereocenters. The first-order chi connectivity index (χ1) is 4.48. The highest BCUT2D eigenvalue weighted by atomic mass is 32.2. The Morgan fingerprint density at radius 3 is 2.40 bits per heavy atom. The lowest BCUT2D eigenvalue weighted by Gasteiger charge is -2.22. The van der Waals surface area contributed by atoms with E-state index in [9.17, 15) is 4.55 Å². The second kappa shape index (κ2) is 3.87. The van der Waals surface area contributed by atoms with Crippen LogP contribution in [0.4, 0.5) is 0 Å². The van der Waals surface area contributed by atoms with Gasteiger partial charge < -0.3 is 4.55 Å². The zero-order valence-corrected chi connectivity index (χ0v) is 7.42. The van der Waals surface area contributed by atoms with E-state index in [1.165, 1.54) is 0 Å². The van der Waals surface area contributed by atoms with E-state index in [4.69, 9.17) is 6.42 Å². The van der Waals surface area contributed by atoms with Crippen LogP contribution in [-0.2, 0) is 11.4 Å². The van der Waals surface area contributed by atoms with E-state index < -0.39 is 11.4 Å². The molecule has 0 saturated heterocycles.